The van der Waals surface area contributed by atoms with E-state index in [1.54, 1.807) is 0 Å². The molecule has 0 spiro atoms. The molecule has 55 heavy (non-hydrogen) atoms. The molecule has 5 aromatic carbocycles. The third kappa shape index (κ3) is 5.72. The number of nitrogens with zero attached hydrogens (tertiary/aromatic N) is 1. The summed E-state index contributed by atoms with van der Waals surface area (Å²) in [7, 11) is 0. The van der Waals surface area contributed by atoms with Crippen molar-refractivity contribution >= 4 is 76.5 Å². The maximum atomic E-state index is 2.58. The molecular formula is C52H41NS2. The van der Waals surface area contributed by atoms with Crippen LogP contribution in [-0.4, -0.2) is 0 Å². The largest absolute Gasteiger partial charge is 0.309 e. The van der Waals surface area contributed by atoms with E-state index in [1.807, 2.05) is 22.7 Å². The van der Waals surface area contributed by atoms with Crippen molar-refractivity contribution in [3.63, 3.8) is 0 Å². The average Bonchev–Trinajstić information content (AvgIpc) is 3.83. The molecule has 0 fully saturated rings. The van der Waals surface area contributed by atoms with Gasteiger partial charge in [-0.3, -0.25) is 0 Å². The highest BCUT2D eigenvalue weighted by atomic mass is 32.1. The van der Waals surface area contributed by atoms with Crippen molar-refractivity contribution in [3.05, 3.63) is 190 Å². The number of hydrogen-bond acceptors (Lipinski definition) is 3. The first-order valence-corrected chi connectivity index (χ1v) is 21.4. The average molecular weight is 744 g/mol. The normalized spacial score (nSPS) is 21.5. The fourth-order valence-corrected chi connectivity index (χ4v) is 12.1. The van der Waals surface area contributed by atoms with Crippen LogP contribution in [0, 0.1) is 17.8 Å². The van der Waals surface area contributed by atoms with Crippen molar-refractivity contribution in [1.82, 2.24) is 0 Å². The number of fused-ring (bicyclic) bond motifs is 7. The highest BCUT2D eigenvalue weighted by Gasteiger charge is 2.28. The van der Waals surface area contributed by atoms with E-state index in [4.69, 9.17) is 0 Å². The zero-order chi connectivity index (χ0) is 36.3. The topological polar surface area (TPSA) is 3.24 Å². The lowest BCUT2D eigenvalue weighted by atomic mass is 9.74. The van der Waals surface area contributed by atoms with Gasteiger partial charge in [0, 0.05) is 42.0 Å². The van der Waals surface area contributed by atoms with Crippen LogP contribution in [0.25, 0.3) is 53.5 Å². The van der Waals surface area contributed by atoms with E-state index in [1.165, 1.54) is 85.8 Å². The highest BCUT2D eigenvalue weighted by molar-refractivity contribution is 7.27. The van der Waals surface area contributed by atoms with E-state index in [2.05, 4.69) is 181 Å². The fourth-order valence-electron chi connectivity index (χ4n) is 9.58. The predicted octanol–water partition coefficient (Wildman–Crippen LogP) is 13.4. The Morgan fingerprint density at radius 1 is 0.636 bits per heavy atom. The monoisotopic (exact) mass is 743 g/mol. The number of allylic oxidation sites excluding steroid dienone is 9. The molecule has 2 aromatic heterocycles. The van der Waals surface area contributed by atoms with Crippen molar-refractivity contribution in [2.75, 3.05) is 4.90 Å². The summed E-state index contributed by atoms with van der Waals surface area (Å²) >= 11 is 3.88. The van der Waals surface area contributed by atoms with Crippen LogP contribution in [0.15, 0.2) is 175 Å². The van der Waals surface area contributed by atoms with E-state index in [9.17, 15) is 0 Å². The Bertz CT molecular complexity index is 2900. The molecule has 0 radical (unpaired) electrons. The molecule has 0 amide bonds. The van der Waals surface area contributed by atoms with Crippen molar-refractivity contribution in [2.45, 2.75) is 31.6 Å². The molecule has 4 atom stereocenters. The molecule has 0 saturated heterocycles. The summed E-state index contributed by atoms with van der Waals surface area (Å²) in [6.07, 6.45) is 28.6. The lowest BCUT2D eigenvalue weighted by Crippen LogP contribution is -2.28. The number of thiophene rings is 2. The SMILES string of the molecule is C1=CC(c2ccc(N(C3=CC(C4C=c5sc6ccccc6c5=CC4)CC=C3)c3cccc4c3sc3c(-c5ccccc5)cccc34)cc2)C2CCC=CC2=C1. The molecule has 1 nitrogen and oxygen atoms in total. The second-order valence-electron chi connectivity index (χ2n) is 15.4. The molecule has 7 aromatic rings. The maximum absolute atomic E-state index is 2.58. The summed E-state index contributed by atoms with van der Waals surface area (Å²) in [4.78, 5) is 2.55. The lowest BCUT2D eigenvalue weighted by Gasteiger charge is -2.33. The van der Waals surface area contributed by atoms with Gasteiger partial charge in [-0.2, -0.15) is 0 Å². The predicted molar refractivity (Wildman–Crippen MR) is 239 cm³/mol. The molecule has 2 heterocycles. The Labute approximate surface area is 330 Å². The standard InChI is InChI=1S/C52H41NS2/c1-2-12-35(13-3-1)43-21-10-22-46-47-23-11-24-48(52(47)55-51(43)46)53(39-29-26-36(27-30-39)42-20-9-15-34-14-4-5-18-41(34)42)40-17-8-16-37(32-40)38-28-31-45-44-19-6-7-25-49(44)54-50(45)33-38/h1-4,6-15,17,19-27,29-33,37-38,41-42H,5,16,18,28H2. The van der Waals surface area contributed by atoms with Crippen molar-refractivity contribution in [3.8, 4) is 11.1 Å². The van der Waals surface area contributed by atoms with E-state index in [0.717, 1.165) is 19.3 Å². The quantitative estimate of drug-likeness (QED) is 0.164. The first-order chi connectivity index (χ1) is 27.3. The van der Waals surface area contributed by atoms with Crippen molar-refractivity contribution in [1.29, 1.82) is 0 Å². The second kappa shape index (κ2) is 13.7. The van der Waals surface area contributed by atoms with Gasteiger partial charge in [-0.05, 0) is 107 Å². The smallest absolute Gasteiger partial charge is 0.0640 e. The van der Waals surface area contributed by atoms with Crippen LogP contribution in [0.1, 0.15) is 37.2 Å². The summed E-state index contributed by atoms with van der Waals surface area (Å²) in [5.74, 6) is 1.84. The summed E-state index contributed by atoms with van der Waals surface area (Å²) in [6, 6.07) is 43.0. The summed E-state index contributed by atoms with van der Waals surface area (Å²) < 4.78 is 5.49. The molecule has 3 heteroatoms. The van der Waals surface area contributed by atoms with Crippen LogP contribution in [0.5, 0.6) is 0 Å². The molecule has 11 rings (SSSR count). The molecule has 0 saturated carbocycles. The van der Waals surface area contributed by atoms with Gasteiger partial charge in [0.05, 0.1) is 10.4 Å². The van der Waals surface area contributed by atoms with Gasteiger partial charge in [-0.25, -0.2) is 0 Å². The van der Waals surface area contributed by atoms with Crippen molar-refractivity contribution in [2.24, 2.45) is 17.8 Å². The molecule has 0 aliphatic heterocycles. The third-order valence-corrected chi connectivity index (χ3v) is 14.7. The Balaban J connectivity index is 1.04. The van der Waals surface area contributed by atoms with Crippen LogP contribution in [-0.2, 0) is 0 Å². The molecule has 4 aliphatic carbocycles. The summed E-state index contributed by atoms with van der Waals surface area (Å²) in [6.45, 7) is 0. The van der Waals surface area contributed by atoms with Crippen LogP contribution >= 0.6 is 22.7 Å². The zero-order valence-electron chi connectivity index (χ0n) is 30.6. The number of benzene rings is 5. The van der Waals surface area contributed by atoms with Crippen LogP contribution in [0.2, 0.25) is 0 Å². The molecule has 4 aliphatic rings. The summed E-state index contributed by atoms with van der Waals surface area (Å²) in [5, 5.41) is 5.47. The van der Waals surface area contributed by atoms with E-state index in [-0.39, 0.29) is 0 Å². The van der Waals surface area contributed by atoms with Crippen LogP contribution in [0.4, 0.5) is 11.4 Å². The zero-order valence-corrected chi connectivity index (χ0v) is 32.3. The molecule has 0 bridgehead atoms. The minimum atomic E-state index is 0.407. The van der Waals surface area contributed by atoms with Gasteiger partial charge in [0.2, 0.25) is 0 Å². The number of rotatable bonds is 6. The highest BCUT2D eigenvalue weighted by Crippen LogP contribution is 2.47. The second-order valence-corrected chi connectivity index (χ2v) is 17.5. The van der Waals surface area contributed by atoms with E-state index >= 15 is 0 Å². The van der Waals surface area contributed by atoms with Gasteiger partial charge in [-0.1, -0.05) is 146 Å². The Morgan fingerprint density at radius 3 is 2.35 bits per heavy atom. The molecule has 266 valence electrons. The molecular weight excluding hydrogens is 703 g/mol. The Morgan fingerprint density at radius 2 is 1.44 bits per heavy atom. The maximum Gasteiger partial charge on any atom is 0.0640 e. The van der Waals surface area contributed by atoms with Crippen LogP contribution < -0.4 is 14.7 Å². The lowest BCUT2D eigenvalue weighted by molar-refractivity contribution is 0.506. The first-order valence-electron chi connectivity index (χ1n) is 19.8. The van der Waals surface area contributed by atoms with Gasteiger partial charge in [0.1, 0.15) is 0 Å². The third-order valence-electron chi connectivity index (χ3n) is 12.3. The van der Waals surface area contributed by atoms with Gasteiger partial charge in [0.15, 0.2) is 0 Å². The van der Waals surface area contributed by atoms with Gasteiger partial charge in [0.25, 0.3) is 0 Å². The van der Waals surface area contributed by atoms with Gasteiger partial charge in [-0.15, -0.1) is 22.7 Å². The number of hydrogen-bond donors (Lipinski definition) is 0. The summed E-state index contributed by atoms with van der Waals surface area (Å²) in [5.41, 5.74) is 9.14. The van der Waals surface area contributed by atoms with Crippen LogP contribution in [0.3, 0.4) is 0 Å². The van der Waals surface area contributed by atoms with Gasteiger partial charge >= 0.3 is 0 Å². The van der Waals surface area contributed by atoms with E-state index < -0.39 is 0 Å². The van der Waals surface area contributed by atoms with E-state index in [0.29, 0.717) is 23.7 Å². The fraction of sp³-hybridized carbons (Fsp3) is 0.154. The van der Waals surface area contributed by atoms with Gasteiger partial charge < -0.3 is 4.90 Å². The molecule has 0 N–H and O–H groups in total. The minimum absolute atomic E-state index is 0.407. The minimum Gasteiger partial charge on any atom is -0.309 e. The number of anilines is 2. The molecule has 4 unspecified atom stereocenters. The Hall–Kier alpha value is -5.48. The first kappa shape index (κ1) is 32.9. The Kier molecular flexibility index (Phi) is 8.18. The van der Waals surface area contributed by atoms with Crippen molar-refractivity contribution < 1.29 is 0 Å².